The molecule has 2 aromatic rings. The first-order valence-corrected chi connectivity index (χ1v) is 11.0. The van der Waals surface area contributed by atoms with Crippen LogP contribution in [0.1, 0.15) is 54.1 Å². The molecule has 4 rings (SSSR count). The minimum Gasteiger partial charge on any atom is -0.342 e. The molecule has 1 aromatic heterocycles. The van der Waals surface area contributed by atoms with Gasteiger partial charge in [0.15, 0.2) is 0 Å². The fourth-order valence-electron chi connectivity index (χ4n) is 4.79. The minimum absolute atomic E-state index is 0.106. The zero-order valence-electron chi connectivity index (χ0n) is 18.6. The predicted octanol–water partition coefficient (Wildman–Crippen LogP) is 2.14. The van der Waals surface area contributed by atoms with Crippen LogP contribution in [0.15, 0.2) is 23.0 Å². The standard InChI is InChI=1S/C23H33N5O2/c1-16-7-8-17(2)18(14-16)15-28-23(30)27-11-5-6-20(21(27)24-28)22(29)26(4)19-9-12-25(3)13-10-19/h7-8,14,19-20H,5-6,9-13,15H2,1-4H3. The molecule has 30 heavy (non-hydrogen) atoms. The molecule has 1 saturated heterocycles. The summed E-state index contributed by atoms with van der Waals surface area (Å²) in [5.74, 6) is 0.423. The number of aryl methyl sites for hydroxylation is 2. The molecule has 2 aliphatic heterocycles. The minimum atomic E-state index is -0.323. The molecule has 162 valence electrons. The normalized spacial score (nSPS) is 20.2. The molecular formula is C23H33N5O2. The van der Waals surface area contributed by atoms with Gasteiger partial charge in [0.05, 0.1) is 12.5 Å². The van der Waals surface area contributed by atoms with Crippen molar-refractivity contribution in [3.05, 3.63) is 51.2 Å². The summed E-state index contributed by atoms with van der Waals surface area (Å²) < 4.78 is 3.26. The average Bonchev–Trinajstić information content (AvgIpc) is 3.06. The van der Waals surface area contributed by atoms with Crippen molar-refractivity contribution >= 4 is 5.91 Å². The molecule has 0 aliphatic carbocycles. The van der Waals surface area contributed by atoms with Crippen molar-refractivity contribution in [3.8, 4) is 0 Å². The van der Waals surface area contributed by atoms with Crippen LogP contribution in [0, 0.1) is 13.8 Å². The maximum atomic E-state index is 13.4. The Morgan fingerprint density at radius 2 is 1.90 bits per heavy atom. The van der Waals surface area contributed by atoms with Gasteiger partial charge in [0.25, 0.3) is 0 Å². The molecule has 3 heterocycles. The first kappa shape index (κ1) is 20.8. The summed E-state index contributed by atoms with van der Waals surface area (Å²) in [5.41, 5.74) is 3.30. The number of carbonyl (C=O) groups is 1. The zero-order chi connectivity index (χ0) is 21.4. The molecule has 0 bridgehead atoms. The van der Waals surface area contributed by atoms with Crippen molar-refractivity contribution in [2.24, 2.45) is 0 Å². The SMILES string of the molecule is Cc1ccc(C)c(Cn2nc3n(c2=O)CCCC3C(=O)N(C)C2CCN(C)CC2)c1. The Morgan fingerprint density at radius 1 is 1.17 bits per heavy atom. The highest BCUT2D eigenvalue weighted by molar-refractivity contribution is 5.83. The fraction of sp³-hybridized carbons (Fsp3) is 0.609. The monoisotopic (exact) mass is 411 g/mol. The van der Waals surface area contributed by atoms with Crippen LogP contribution in [0.3, 0.4) is 0 Å². The lowest BCUT2D eigenvalue weighted by molar-refractivity contribution is -0.135. The van der Waals surface area contributed by atoms with Crippen LogP contribution in [-0.2, 0) is 17.9 Å². The molecule has 2 aliphatic rings. The number of benzene rings is 1. The lowest BCUT2D eigenvalue weighted by Crippen LogP contribution is -2.46. The molecule has 7 heteroatoms. The van der Waals surface area contributed by atoms with E-state index in [0.29, 0.717) is 18.9 Å². The molecule has 0 N–H and O–H groups in total. The average molecular weight is 412 g/mol. The third kappa shape index (κ3) is 3.95. The summed E-state index contributed by atoms with van der Waals surface area (Å²) in [5, 5.41) is 4.67. The first-order chi connectivity index (χ1) is 14.3. The van der Waals surface area contributed by atoms with Crippen molar-refractivity contribution in [2.45, 2.75) is 64.6 Å². The number of fused-ring (bicyclic) bond motifs is 1. The Balaban J connectivity index is 1.58. The Labute approximate surface area is 178 Å². The second-order valence-electron chi connectivity index (χ2n) is 9.06. The summed E-state index contributed by atoms with van der Waals surface area (Å²) >= 11 is 0. The molecule has 0 saturated carbocycles. The third-order valence-electron chi connectivity index (χ3n) is 6.84. The van der Waals surface area contributed by atoms with E-state index in [-0.39, 0.29) is 23.6 Å². The molecule has 0 radical (unpaired) electrons. The van der Waals surface area contributed by atoms with Crippen LogP contribution in [0.2, 0.25) is 0 Å². The molecule has 1 amide bonds. The number of likely N-dealkylation sites (tertiary alicyclic amines) is 1. The third-order valence-corrected chi connectivity index (χ3v) is 6.84. The summed E-state index contributed by atoms with van der Waals surface area (Å²) in [7, 11) is 4.04. The van der Waals surface area contributed by atoms with Gasteiger partial charge in [-0.15, -0.1) is 0 Å². The van der Waals surface area contributed by atoms with Crippen LogP contribution in [-0.4, -0.2) is 63.3 Å². The van der Waals surface area contributed by atoms with Gasteiger partial charge in [0, 0.05) is 19.6 Å². The van der Waals surface area contributed by atoms with Crippen molar-refractivity contribution < 1.29 is 4.79 Å². The first-order valence-electron chi connectivity index (χ1n) is 11.0. The van der Waals surface area contributed by atoms with Crippen LogP contribution in [0.4, 0.5) is 0 Å². The number of likely N-dealkylation sites (N-methyl/N-ethyl adjacent to an activating group) is 1. The Bertz CT molecular complexity index is 984. The number of amides is 1. The van der Waals surface area contributed by atoms with E-state index < -0.39 is 0 Å². The Hall–Kier alpha value is -2.41. The number of piperidine rings is 1. The lowest BCUT2D eigenvalue weighted by atomic mass is 9.95. The van der Waals surface area contributed by atoms with Crippen LogP contribution < -0.4 is 5.69 Å². The van der Waals surface area contributed by atoms with Gasteiger partial charge in [-0.1, -0.05) is 23.8 Å². The van der Waals surface area contributed by atoms with Gasteiger partial charge in [0.2, 0.25) is 5.91 Å². The van der Waals surface area contributed by atoms with Gasteiger partial charge >= 0.3 is 5.69 Å². The van der Waals surface area contributed by atoms with Crippen molar-refractivity contribution in [3.63, 3.8) is 0 Å². The Morgan fingerprint density at radius 3 is 2.63 bits per heavy atom. The van der Waals surface area contributed by atoms with Crippen molar-refractivity contribution in [1.82, 2.24) is 24.1 Å². The second-order valence-corrected chi connectivity index (χ2v) is 9.06. The smallest absolute Gasteiger partial charge is 0.342 e. The molecular weight excluding hydrogens is 378 g/mol. The quantitative estimate of drug-likeness (QED) is 0.773. The zero-order valence-corrected chi connectivity index (χ0v) is 18.6. The van der Waals surface area contributed by atoms with Gasteiger partial charge in [-0.3, -0.25) is 9.36 Å². The number of carbonyl (C=O) groups excluding carboxylic acids is 1. The van der Waals surface area contributed by atoms with Gasteiger partial charge in [-0.25, -0.2) is 9.48 Å². The van der Waals surface area contributed by atoms with Crippen molar-refractivity contribution in [1.29, 1.82) is 0 Å². The topological polar surface area (TPSA) is 63.4 Å². The molecule has 1 fully saturated rings. The maximum absolute atomic E-state index is 13.4. The maximum Gasteiger partial charge on any atom is 0.346 e. The molecule has 7 nitrogen and oxygen atoms in total. The van der Waals surface area contributed by atoms with E-state index in [1.54, 1.807) is 4.57 Å². The summed E-state index contributed by atoms with van der Waals surface area (Å²) in [4.78, 5) is 30.6. The van der Waals surface area contributed by atoms with Crippen LogP contribution in [0.25, 0.3) is 0 Å². The van der Waals surface area contributed by atoms with Gasteiger partial charge in [-0.2, -0.15) is 5.10 Å². The van der Waals surface area contributed by atoms with E-state index in [0.717, 1.165) is 49.9 Å². The van der Waals surface area contributed by atoms with Gasteiger partial charge in [0.1, 0.15) is 5.82 Å². The summed E-state index contributed by atoms with van der Waals surface area (Å²) in [6.07, 6.45) is 3.59. The fourth-order valence-corrected chi connectivity index (χ4v) is 4.79. The van der Waals surface area contributed by atoms with E-state index in [1.807, 2.05) is 11.9 Å². The van der Waals surface area contributed by atoms with Gasteiger partial charge < -0.3 is 9.80 Å². The second kappa shape index (κ2) is 8.38. The predicted molar refractivity (Wildman–Crippen MR) is 117 cm³/mol. The number of nitrogens with zero attached hydrogens (tertiary/aromatic N) is 5. The van der Waals surface area contributed by atoms with Crippen LogP contribution >= 0.6 is 0 Å². The number of rotatable bonds is 4. The van der Waals surface area contributed by atoms with Crippen LogP contribution in [0.5, 0.6) is 0 Å². The van der Waals surface area contributed by atoms with Crippen molar-refractivity contribution in [2.75, 3.05) is 27.2 Å². The number of hydrogen-bond acceptors (Lipinski definition) is 4. The summed E-state index contributed by atoms with van der Waals surface area (Å²) in [6, 6.07) is 6.53. The highest BCUT2D eigenvalue weighted by Crippen LogP contribution is 2.28. The van der Waals surface area contributed by atoms with E-state index in [1.165, 1.54) is 10.2 Å². The van der Waals surface area contributed by atoms with E-state index >= 15 is 0 Å². The molecule has 0 spiro atoms. The largest absolute Gasteiger partial charge is 0.346 e. The number of aromatic nitrogens is 3. The van der Waals surface area contributed by atoms with E-state index in [9.17, 15) is 9.59 Å². The summed E-state index contributed by atoms with van der Waals surface area (Å²) in [6.45, 7) is 7.22. The highest BCUT2D eigenvalue weighted by atomic mass is 16.2. The lowest BCUT2D eigenvalue weighted by Gasteiger charge is -2.37. The molecule has 1 aromatic carbocycles. The van der Waals surface area contributed by atoms with E-state index in [2.05, 4.69) is 49.1 Å². The molecule has 1 unspecified atom stereocenters. The molecule has 1 atom stereocenters. The number of hydrogen-bond donors (Lipinski definition) is 0. The highest BCUT2D eigenvalue weighted by Gasteiger charge is 2.35. The van der Waals surface area contributed by atoms with Gasteiger partial charge in [-0.05, 0) is 70.8 Å². The van der Waals surface area contributed by atoms with E-state index in [4.69, 9.17) is 0 Å². The Kier molecular flexibility index (Phi) is 5.82.